The van der Waals surface area contributed by atoms with Gasteiger partial charge in [-0.2, -0.15) is 0 Å². The van der Waals surface area contributed by atoms with E-state index in [0.29, 0.717) is 22.7 Å². The topological polar surface area (TPSA) is 20.2 Å². The van der Waals surface area contributed by atoms with E-state index in [4.69, 9.17) is 0 Å². The molecule has 178 valence electrons. The van der Waals surface area contributed by atoms with E-state index >= 15 is 0 Å². The smallest absolute Gasteiger partial charge is 0.0574 e. The fourth-order valence-corrected chi connectivity index (χ4v) is 10.0. The molecule has 4 rings (SSSR count). The summed E-state index contributed by atoms with van der Waals surface area (Å²) in [4.78, 5) is 0. The maximum Gasteiger partial charge on any atom is 0.0574 e. The highest BCUT2D eigenvalue weighted by molar-refractivity contribution is 5.11. The standard InChI is InChI=1S/C30H52O/c1-7-9-23-26-13-12-22-25-15-14-24(21(4)11-8-10-20(2)3)29(25,5)18-16-27(22)30(26,6)19-17-28(23)31/h7,20-28,31H,1,8-19H2,2-6H3/t21-,22+,23+,24-,25+,26+,27+,28+,29-,30+/m1/s1. The first-order valence-electron chi connectivity index (χ1n) is 14.0. The molecule has 4 saturated carbocycles. The van der Waals surface area contributed by atoms with Crippen molar-refractivity contribution in [2.24, 2.45) is 58.2 Å². The third-order valence-corrected chi connectivity index (χ3v) is 11.6. The number of fused-ring (bicyclic) bond motifs is 5. The first-order chi connectivity index (χ1) is 14.7. The largest absolute Gasteiger partial charge is 0.393 e. The SMILES string of the molecule is C=CC[C@@H]1[C@@H](O)CC[C@@]2(C)[C@H]1CC[C@@H]1[C@@H]2CC[C@]2(C)[C@@H]([C@H](C)CCCC(C)C)CC[C@@H]12. The van der Waals surface area contributed by atoms with Crippen molar-refractivity contribution in [1.29, 1.82) is 0 Å². The molecule has 0 bridgehead atoms. The van der Waals surface area contributed by atoms with Gasteiger partial charge >= 0.3 is 0 Å². The van der Waals surface area contributed by atoms with Crippen LogP contribution in [0.2, 0.25) is 0 Å². The van der Waals surface area contributed by atoms with Gasteiger partial charge in [-0.1, -0.05) is 60.0 Å². The Morgan fingerprint density at radius 2 is 1.55 bits per heavy atom. The number of hydrogen-bond donors (Lipinski definition) is 1. The van der Waals surface area contributed by atoms with Gasteiger partial charge in [-0.3, -0.25) is 0 Å². The zero-order valence-corrected chi connectivity index (χ0v) is 21.4. The van der Waals surface area contributed by atoms with Crippen LogP contribution in [0.5, 0.6) is 0 Å². The highest BCUT2D eigenvalue weighted by Crippen LogP contribution is 2.69. The maximum absolute atomic E-state index is 10.8. The molecule has 1 nitrogen and oxygen atoms in total. The summed E-state index contributed by atoms with van der Waals surface area (Å²) in [6, 6.07) is 0. The summed E-state index contributed by atoms with van der Waals surface area (Å²) >= 11 is 0. The second-order valence-electron chi connectivity index (χ2n) is 13.4. The second-order valence-corrected chi connectivity index (χ2v) is 13.4. The molecule has 0 spiro atoms. The number of allylic oxidation sites excluding steroid dienone is 1. The van der Waals surface area contributed by atoms with Crippen LogP contribution in [0.15, 0.2) is 12.7 Å². The van der Waals surface area contributed by atoms with E-state index in [1.165, 1.54) is 64.2 Å². The van der Waals surface area contributed by atoms with Crippen LogP contribution >= 0.6 is 0 Å². The fraction of sp³-hybridized carbons (Fsp3) is 0.933. The maximum atomic E-state index is 10.8. The summed E-state index contributed by atoms with van der Waals surface area (Å²) < 4.78 is 0. The highest BCUT2D eigenvalue weighted by atomic mass is 16.3. The average Bonchev–Trinajstić information content (AvgIpc) is 3.07. The van der Waals surface area contributed by atoms with E-state index in [9.17, 15) is 5.11 Å². The van der Waals surface area contributed by atoms with Gasteiger partial charge in [0.25, 0.3) is 0 Å². The summed E-state index contributed by atoms with van der Waals surface area (Å²) in [5.74, 6) is 6.70. The van der Waals surface area contributed by atoms with E-state index in [2.05, 4.69) is 47.3 Å². The van der Waals surface area contributed by atoms with Crippen molar-refractivity contribution in [2.45, 2.75) is 118 Å². The summed E-state index contributed by atoms with van der Waals surface area (Å²) in [6.45, 7) is 16.7. The third kappa shape index (κ3) is 4.08. The first kappa shape index (κ1) is 23.8. The molecule has 0 unspecified atom stereocenters. The molecule has 4 aliphatic rings. The Morgan fingerprint density at radius 1 is 0.871 bits per heavy atom. The van der Waals surface area contributed by atoms with Crippen molar-refractivity contribution in [2.75, 3.05) is 0 Å². The lowest BCUT2D eigenvalue weighted by molar-refractivity contribution is -0.152. The van der Waals surface area contributed by atoms with Gasteiger partial charge in [-0.15, -0.1) is 6.58 Å². The van der Waals surface area contributed by atoms with Crippen molar-refractivity contribution in [1.82, 2.24) is 0 Å². The van der Waals surface area contributed by atoms with Crippen molar-refractivity contribution in [3.05, 3.63) is 12.7 Å². The van der Waals surface area contributed by atoms with Crippen LogP contribution in [0.25, 0.3) is 0 Å². The molecule has 1 N–H and O–H groups in total. The lowest BCUT2D eigenvalue weighted by Gasteiger charge is -2.62. The van der Waals surface area contributed by atoms with Gasteiger partial charge in [0.05, 0.1) is 6.10 Å². The van der Waals surface area contributed by atoms with E-state index in [1.807, 2.05) is 0 Å². The van der Waals surface area contributed by atoms with Crippen LogP contribution in [0.4, 0.5) is 0 Å². The number of hydrogen-bond acceptors (Lipinski definition) is 1. The van der Waals surface area contributed by atoms with Gasteiger partial charge in [0, 0.05) is 0 Å². The average molecular weight is 429 g/mol. The van der Waals surface area contributed by atoms with E-state index in [1.54, 1.807) is 0 Å². The number of aliphatic hydroxyl groups excluding tert-OH is 1. The third-order valence-electron chi connectivity index (χ3n) is 11.6. The van der Waals surface area contributed by atoms with Crippen molar-refractivity contribution in [3.63, 3.8) is 0 Å². The molecule has 0 amide bonds. The Kier molecular flexibility index (Phi) is 7.04. The lowest BCUT2D eigenvalue weighted by atomic mass is 9.43. The van der Waals surface area contributed by atoms with Crippen molar-refractivity contribution in [3.8, 4) is 0 Å². The molecule has 0 aromatic rings. The van der Waals surface area contributed by atoms with Crippen molar-refractivity contribution >= 4 is 0 Å². The van der Waals surface area contributed by atoms with Crippen LogP contribution in [-0.2, 0) is 0 Å². The predicted octanol–water partition coefficient (Wildman–Crippen LogP) is 8.27. The Bertz CT molecular complexity index is 624. The summed E-state index contributed by atoms with van der Waals surface area (Å²) in [6.07, 6.45) is 18.2. The van der Waals surface area contributed by atoms with E-state index in [0.717, 1.165) is 48.3 Å². The Morgan fingerprint density at radius 3 is 2.26 bits per heavy atom. The van der Waals surface area contributed by atoms with Gasteiger partial charge in [0.15, 0.2) is 0 Å². The van der Waals surface area contributed by atoms with Gasteiger partial charge in [-0.25, -0.2) is 0 Å². The quantitative estimate of drug-likeness (QED) is 0.404. The molecular formula is C30H52O. The Labute approximate surface area is 193 Å². The van der Waals surface area contributed by atoms with Crippen LogP contribution in [0.3, 0.4) is 0 Å². The molecule has 4 fully saturated rings. The second kappa shape index (κ2) is 9.15. The summed E-state index contributed by atoms with van der Waals surface area (Å²) in [5.41, 5.74) is 1.05. The molecule has 0 aliphatic heterocycles. The number of aliphatic hydroxyl groups is 1. The van der Waals surface area contributed by atoms with Crippen LogP contribution in [0, 0.1) is 58.2 Å². The van der Waals surface area contributed by atoms with Gasteiger partial charge in [-0.05, 0) is 116 Å². The minimum atomic E-state index is -0.0935. The monoisotopic (exact) mass is 428 g/mol. The zero-order valence-electron chi connectivity index (χ0n) is 21.4. The first-order valence-corrected chi connectivity index (χ1v) is 14.0. The van der Waals surface area contributed by atoms with Crippen molar-refractivity contribution < 1.29 is 5.11 Å². The molecule has 0 saturated heterocycles. The minimum absolute atomic E-state index is 0.0935. The van der Waals surface area contributed by atoms with Gasteiger partial charge < -0.3 is 5.11 Å². The normalized spacial score (nSPS) is 48.0. The summed E-state index contributed by atoms with van der Waals surface area (Å²) in [7, 11) is 0. The van der Waals surface area contributed by atoms with E-state index < -0.39 is 0 Å². The van der Waals surface area contributed by atoms with Crippen LogP contribution in [0.1, 0.15) is 112 Å². The molecule has 0 aromatic heterocycles. The van der Waals surface area contributed by atoms with Gasteiger partial charge in [0.2, 0.25) is 0 Å². The lowest BCUT2D eigenvalue weighted by Crippen LogP contribution is -2.56. The fourth-order valence-electron chi connectivity index (χ4n) is 10.0. The molecule has 0 radical (unpaired) electrons. The number of rotatable bonds is 7. The molecule has 4 aliphatic carbocycles. The predicted molar refractivity (Wildman–Crippen MR) is 133 cm³/mol. The highest BCUT2D eigenvalue weighted by Gasteiger charge is 2.61. The molecule has 10 atom stereocenters. The Hall–Kier alpha value is -0.300. The molecular weight excluding hydrogens is 376 g/mol. The van der Waals surface area contributed by atoms with Gasteiger partial charge in [0.1, 0.15) is 0 Å². The molecule has 1 heteroatoms. The molecule has 0 heterocycles. The molecule has 31 heavy (non-hydrogen) atoms. The van der Waals surface area contributed by atoms with E-state index in [-0.39, 0.29) is 6.10 Å². The zero-order chi connectivity index (χ0) is 22.4. The minimum Gasteiger partial charge on any atom is -0.393 e. The summed E-state index contributed by atoms with van der Waals surface area (Å²) in [5, 5.41) is 10.8. The van der Waals surface area contributed by atoms with Crippen LogP contribution < -0.4 is 0 Å². The van der Waals surface area contributed by atoms with Crippen LogP contribution in [-0.4, -0.2) is 11.2 Å². The Balaban J connectivity index is 1.49. The molecule has 0 aromatic carbocycles.